The minimum absolute atomic E-state index is 0.216. The molecule has 0 atom stereocenters. The Hall–Kier alpha value is -3.08. The molecular formula is C17H15N3O2. The summed E-state index contributed by atoms with van der Waals surface area (Å²) in [6.07, 6.45) is 0.216. The van der Waals surface area contributed by atoms with Crippen LogP contribution >= 0.6 is 0 Å². The zero-order valence-corrected chi connectivity index (χ0v) is 11.8. The van der Waals surface area contributed by atoms with Gasteiger partial charge >= 0.3 is 0 Å². The Labute approximate surface area is 127 Å². The Morgan fingerprint density at radius 2 is 1.64 bits per heavy atom. The van der Waals surface area contributed by atoms with Gasteiger partial charge in [0, 0.05) is 10.9 Å². The van der Waals surface area contributed by atoms with Gasteiger partial charge < -0.3 is 4.98 Å². The molecule has 5 heteroatoms. The Balaban J connectivity index is 1.59. The van der Waals surface area contributed by atoms with Crippen LogP contribution in [0, 0.1) is 0 Å². The first kappa shape index (κ1) is 13.9. The van der Waals surface area contributed by atoms with Crippen molar-refractivity contribution in [3.8, 4) is 0 Å². The molecule has 110 valence electrons. The molecule has 0 aliphatic rings. The Kier molecular flexibility index (Phi) is 3.87. The third-order valence-electron chi connectivity index (χ3n) is 3.30. The van der Waals surface area contributed by atoms with Crippen LogP contribution in [0.2, 0.25) is 0 Å². The number of hydrazine groups is 1. The lowest BCUT2D eigenvalue weighted by Gasteiger charge is -2.06. The average Bonchev–Trinajstić information content (AvgIpc) is 2.98. The third kappa shape index (κ3) is 3.15. The molecule has 0 radical (unpaired) electrons. The summed E-state index contributed by atoms with van der Waals surface area (Å²) in [5.74, 6) is -0.645. The number of H-pyrrole nitrogens is 1. The molecule has 0 aliphatic heterocycles. The van der Waals surface area contributed by atoms with E-state index in [-0.39, 0.29) is 18.2 Å². The minimum Gasteiger partial charge on any atom is -0.350 e. The molecule has 2 amide bonds. The molecule has 3 rings (SSSR count). The van der Waals surface area contributed by atoms with Crippen LogP contribution in [0.5, 0.6) is 0 Å². The van der Waals surface area contributed by atoms with E-state index < -0.39 is 0 Å². The van der Waals surface area contributed by atoms with Gasteiger partial charge in [0.1, 0.15) is 5.69 Å². The summed E-state index contributed by atoms with van der Waals surface area (Å²) in [6.45, 7) is 0. The van der Waals surface area contributed by atoms with Crippen molar-refractivity contribution in [1.29, 1.82) is 0 Å². The van der Waals surface area contributed by atoms with Gasteiger partial charge in [-0.05, 0) is 17.7 Å². The Morgan fingerprint density at radius 1 is 0.909 bits per heavy atom. The van der Waals surface area contributed by atoms with Crippen molar-refractivity contribution in [2.24, 2.45) is 0 Å². The zero-order valence-electron chi connectivity index (χ0n) is 11.8. The first-order valence-corrected chi connectivity index (χ1v) is 6.93. The van der Waals surface area contributed by atoms with Crippen LogP contribution in [0.3, 0.4) is 0 Å². The molecule has 0 spiro atoms. The largest absolute Gasteiger partial charge is 0.350 e. The van der Waals surface area contributed by atoms with Crippen LogP contribution in [0.4, 0.5) is 0 Å². The lowest BCUT2D eigenvalue weighted by Crippen LogP contribution is -2.42. The number of carbonyl (C=O) groups excluding carboxylic acids is 2. The number of hydrogen-bond donors (Lipinski definition) is 3. The number of hydrogen-bond acceptors (Lipinski definition) is 2. The standard InChI is InChI=1S/C17H15N3O2/c21-16(10-12-6-2-1-3-7-12)19-20-17(22)15-11-13-8-4-5-9-14(13)18-15/h1-9,11,18H,10H2,(H,19,21)(H,20,22). The summed E-state index contributed by atoms with van der Waals surface area (Å²) >= 11 is 0. The molecule has 22 heavy (non-hydrogen) atoms. The highest BCUT2D eigenvalue weighted by Gasteiger charge is 2.10. The first-order chi connectivity index (χ1) is 10.7. The second kappa shape index (κ2) is 6.13. The molecule has 0 fully saturated rings. The number of para-hydroxylation sites is 1. The van der Waals surface area contributed by atoms with Crippen LogP contribution in [-0.2, 0) is 11.2 Å². The molecule has 0 aliphatic carbocycles. The summed E-state index contributed by atoms with van der Waals surface area (Å²) in [5, 5.41) is 0.947. The molecule has 5 nitrogen and oxygen atoms in total. The summed E-state index contributed by atoms with van der Waals surface area (Å²) < 4.78 is 0. The van der Waals surface area contributed by atoms with E-state index >= 15 is 0 Å². The maximum absolute atomic E-state index is 12.0. The van der Waals surface area contributed by atoms with E-state index in [4.69, 9.17) is 0 Å². The number of aromatic amines is 1. The second-order valence-corrected chi connectivity index (χ2v) is 4.93. The molecule has 0 saturated heterocycles. The molecule has 0 bridgehead atoms. The van der Waals surface area contributed by atoms with Gasteiger partial charge in [0.2, 0.25) is 5.91 Å². The van der Waals surface area contributed by atoms with Crippen molar-refractivity contribution in [1.82, 2.24) is 15.8 Å². The monoisotopic (exact) mass is 293 g/mol. The third-order valence-corrected chi connectivity index (χ3v) is 3.30. The lowest BCUT2D eigenvalue weighted by atomic mass is 10.1. The fourth-order valence-electron chi connectivity index (χ4n) is 2.21. The topological polar surface area (TPSA) is 74.0 Å². The van der Waals surface area contributed by atoms with E-state index in [1.54, 1.807) is 6.07 Å². The average molecular weight is 293 g/mol. The molecule has 3 aromatic rings. The number of amides is 2. The lowest BCUT2D eigenvalue weighted by molar-refractivity contribution is -0.121. The Bertz CT molecular complexity index is 776. The summed E-state index contributed by atoms with van der Waals surface area (Å²) in [7, 11) is 0. The maximum Gasteiger partial charge on any atom is 0.286 e. The first-order valence-electron chi connectivity index (χ1n) is 6.93. The molecule has 2 aromatic carbocycles. The minimum atomic E-state index is -0.377. The van der Waals surface area contributed by atoms with E-state index in [0.29, 0.717) is 5.69 Å². The molecule has 1 aromatic heterocycles. The van der Waals surface area contributed by atoms with Crippen LogP contribution in [-0.4, -0.2) is 16.8 Å². The van der Waals surface area contributed by atoms with Crippen molar-refractivity contribution in [3.05, 3.63) is 71.9 Å². The maximum atomic E-state index is 12.0. The van der Waals surface area contributed by atoms with E-state index in [1.165, 1.54) is 0 Å². The van der Waals surface area contributed by atoms with Crippen LogP contribution in [0.1, 0.15) is 16.1 Å². The summed E-state index contributed by atoms with van der Waals surface area (Å²) in [6, 6.07) is 18.7. The molecular weight excluding hydrogens is 278 g/mol. The predicted molar refractivity (Wildman–Crippen MR) is 84.1 cm³/mol. The van der Waals surface area contributed by atoms with Crippen molar-refractivity contribution in [2.45, 2.75) is 6.42 Å². The highest BCUT2D eigenvalue weighted by atomic mass is 16.2. The van der Waals surface area contributed by atoms with Crippen molar-refractivity contribution in [3.63, 3.8) is 0 Å². The van der Waals surface area contributed by atoms with E-state index in [0.717, 1.165) is 16.5 Å². The van der Waals surface area contributed by atoms with Gasteiger partial charge in [-0.3, -0.25) is 20.4 Å². The quantitative estimate of drug-likeness (QED) is 0.647. The summed E-state index contributed by atoms with van der Waals surface area (Å²) in [5.41, 5.74) is 7.00. The summed E-state index contributed by atoms with van der Waals surface area (Å²) in [4.78, 5) is 26.8. The molecule has 0 unspecified atom stereocenters. The number of benzene rings is 2. The molecule has 3 N–H and O–H groups in total. The number of rotatable bonds is 3. The normalized spacial score (nSPS) is 10.4. The van der Waals surface area contributed by atoms with Crippen molar-refractivity contribution < 1.29 is 9.59 Å². The highest BCUT2D eigenvalue weighted by molar-refractivity contribution is 5.98. The van der Waals surface area contributed by atoms with E-state index in [1.807, 2.05) is 54.6 Å². The second-order valence-electron chi connectivity index (χ2n) is 4.93. The number of carbonyl (C=O) groups is 2. The zero-order chi connectivity index (χ0) is 15.4. The number of nitrogens with one attached hydrogen (secondary N) is 3. The van der Waals surface area contributed by atoms with Crippen molar-refractivity contribution in [2.75, 3.05) is 0 Å². The van der Waals surface area contributed by atoms with Gasteiger partial charge in [-0.15, -0.1) is 0 Å². The van der Waals surface area contributed by atoms with Crippen molar-refractivity contribution >= 4 is 22.7 Å². The smallest absolute Gasteiger partial charge is 0.286 e. The van der Waals surface area contributed by atoms with Gasteiger partial charge in [-0.25, -0.2) is 0 Å². The Morgan fingerprint density at radius 3 is 2.41 bits per heavy atom. The van der Waals surface area contributed by atoms with Crippen LogP contribution in [0.25, 0.3) is 10.9 Å². The van der Waals surface area contributed by atoms with Crippen LogP contribution < -0.4 is 10.9 Å². The number of aromatic nitrogens is 1. The molecule has 1 heterocycles. The van der Waals surface area contributed by atoms with Gasteiger partial charge in [0.05, 0.1) is 6.42 Å². The van der Waals surface area contributed by atoms with E-state index in [2.05, 4.69) is 15.8 Å². The SMILES string of the molecule is O=C(Cc1ccccc1)NNC(=O)c1cc2ccccc2[nH]1. The van der Waals surface area contributed by atoms with E-state index in [9.17, 15) is 9.59 Å². The van der Waals surface area contributed by atoms with Gasteiger partial charge in [-0.1, -0.05) is 48.5 Å². The van der Waals surface area contributed by atoms with Gasteiger partial charge in [-0.2, -0.15) is 0 Å². The van der Waals surface area contributed by atoms with Gasteiger partial charge in [0.15, 0.2) is 0 Å². The number of fused-ring (bicyclic) bond motifs is 1. The molecule has 0 saturated carbocycles. The van der Waals surface area contributed by atoms with Crippen LogP contribution in [0.15, 0.2) is 60.7 Å². The highest BCUT2D eigenvalue weighted by Crippen LogP contribution is 2.14. The fraction of sp³-hybridized carbons (Fsp3) is 0.0588. The predicted octanol–water partition coefficient (Wildman–Crippen LogP) is 2.17. The van der Waals surface area contributed by atoms with Gasteiger partial charge in [0.25, 0.3) is 5.91 Å². The fourth-order valence-corrected chi connectivity index (χ4v) is 2.21.